The van der Waals surface area contributed by atoms with Crippen molar-refractivity contribution in [3.63, 3.8) is 0 Å². The number of hydrogen-bond acceptors (Lipinski definition) is 21. The number of Topliss-reactive ketones (excluding diaryl/α,β-unsaturated/α-hetero) is 2. The quantitative estimate of drug-likeness (QED) is 0.0909. The molecule has 3 aliphatic rings. The van der Waals surface area contributed by atoms with Crippen LogP contribution in [-0.2, 0) is 38.1 Å². The molecule has 0 aromatic heterocycles. The zero-order valence-corrected chi connectivity index (χ0v) is 46.1. The second kappa shape index (κ2) is 33.7. The van der Waals surface area contributed by atoms with Crippen LogP contribution in [0.25, 0.3) is 0 Å². The monoisotopic (exact) mass is 1130 g/mol. The van der Waals surface area contributed by atoms with Gasteiger partial charge in [0.1, 0.15) is 23.9 Å². The number of esters is 2. The molecule has 1 aromatic rings. The Kier molecular flexibility index (Phi) is 28.4. The van der Waals surface area contributed by atoms with Gasteiger partial charge in [-0.2, -0.15) is 0 Å². The highest BCUT2D eigenvalue weighted by molar-refractivity contribution is 5.96. The Bertz CT molecular complexity index is 2300. The average molecular weight is 1130 g/mol. The fourth-order valence-corrected chi connectivity index (χ4v) is 10.0. The van der Waals surface area contributed by atoms with Crippen molar-refractivity contribution >= 4 is 29.2 Å². The molecular formula is C59H86N2O19. The van der Waals surface area contributed by atoms with Gasteiger partial charge in [-0.15, -0.1) is 0 Å². The predicted molar refractivity (Wildman–Crippen MR) is 294 cm³/mol. The van der Waals surface area contributed by atoms with E-state index in [-0.39, 0.29) is 49.7 Å². The van der Waals surface area contributed by atoms with Crippen molar-refractivity contribution in [3.05, 3.63) is 115 Å². The number of aliphatic hydroxyl groups excluding tert-OH is 9. The van der Waals surface area contributed by atoms with Gasteiger partial charge in [-0.3, -0.25) is 19.2 Å². The Hall–Kier alpha value is -5.08. The number of nitrogen functional groups attached to an aromatic ring is 1. The van der Waals surface area contributed by atoms with Crippen LogP contribution in [-0.4, -0.2) is 179 Å². The van der Waals surface area contributed by atoms with Crippen molar-refractivity contribution in [2.24, 2.45) is 23.5 Å². The largest absolute Gasteiger partial charge is 0.469 e. The standard InChI is InChI=1S/C59H86N2O19/c1-35-17-15-13-11-9-7-5-6-8-10-12-14-16-18-47(78-58-55(73)53(61)54(72)37(3)77-58)32-50-52(57(74)76-4)49(70)34-59(75,80-50)33-46(68)29-44(66)27-42(64)25-41(63)26-43(65)28-45(67)31-51(71)79-56(35)36(2)19-24-40(62)30-48(69)38-20-22-39(60)23-21-38/h5-18,20-23,35-37,40-42,44-47,49-50,52-56,58,62-64,66-68,70,72-73,75H,19,24-34,60-61H2,1-4H3/b6-5+,9-7+,10-8+,13-11-,14-12+,17-15-,18-16+. The highest BCUT2D eigenvalue weighted by Crippen LogP contribution is 2.39. The number of ketones is 2. The first kappa shape index (κ1) is 67.4. The molecular weight excluding hydrogens is 1040 g/mol. The summed E-state index contributed by atoms with van der Waals surface area (Å²) in [5.74, 6) is -6.91. The number of benzene rings is 1. The van der Waals surface area contributed by atoms with Crippen LogP contribution in [0, 0.1) is 17.8 Å². The summed E-state index contributed by atoms with van der Waals surface area (Å²) in [4.78, 5) is 52.2. The molecule has 3 heterocycles. The van der Waals surface area contributed by atoms with Gasteiger partial charge < -0.3 is 86.2 Å². The maximum absolute atomic E-state index is 13.3. The van der Waals surface area contributed by atoms with E-state index in [1.54, 1.807) is 110 Å². The van der Waals surface area contributed by atoms with Gasteiger partial charge in [0.05, 0.1) is 86.7 Å². The zero-order chi connectivity index (χ0) is 59.1. The Labute approximate surface area is 468 Å². The molecule has 2 bridgehead atoms. The molecule has 446 valence electrons. The lowest BCUT2D eigenvalue weighted by Crippen LogP contribution is -2.61. The van der Waals surface area contributed by atoms with Crippen LogP contribution in [0.4, 0.5) is 5.69 Å². The summed E-state index contributed by atoms with van der Waals surface area (Å²) in [6.07, 6.45) is 2.76. The highest BCUT2D eigenvalue weighted by atomic mass is 16.7. The molecule has 2 fully saturated rings. The summed E-state index contributed by atoms with van der Waals surface area (Å²) >= 11 is 0. The third kappa shape index (κ3) is 23.0. The number of allylic oxidation sites excluding steroid dienone is 12. The second-order valence-corrected chi connectivity index (χ2v) is 21.4. The lowest BCUT2D eigenvalue weighted by molar-refractivity contribution is -0.308. The van der Waals surface area contributed by atoms with E-state index in [2.05, 4.69) is 0 Å². The Balaban J connectivity index is 1.55. The number of methoxy groups -OCH3 is 1. The molecule has 2 saturated heterocycles. The van der Waals surface area contributed by atoms with E-state index in [0.29, 0.717) is 17.7 Å². The smallest absolute Gasteiger partial charge is 0.313 e. The first-order chi connectivity index (χ1) is 37.9. The minimum Gasteiger partial charge on any atom is -0.469 e. The summed E-state index contributed by atoms with van der Waals surface area (Å²) in [6.45, 7) is 5.23. The van der Waals surface area contributed by atoms with Gasteiger partial charge in [0.2, 0.25) is 0 Å². The number of carbonyl (C=O) groups is 4. The number of anilines is 1. The van der Waals surface area contributed by atoms with Crippen molar-refractivity contribution in [1.82, 2.24) is 0 Å². The third-order valence-electron chi connectivity index (χ3n) is 14.3. The molecule has 14 N–H and O–H groups in total. The number of ether oxygens (including phenoxy) is 5. The van der Waals surface area contributed by atoms with E-state index in [0.717, 1.165) is 7.11 Å². The molecule has 19 unspecified atom stereocenters. The lowest BCUT2D eigenvalue weighted by Gasteiger charge is -2.45. The molecule has 0 saturated carbocycles. The van der Waals surface area contributed by atoms with Gasteiger partial charge >= 0.3 is 11.9 Å². The van der Waals surface area contributed by atoms with Gasteiger partial charge in [0.15, 0.2) is 17.9 Å². The minimum atomic E-state index is -2.29. The minimum absolute atomic E-state index is 0.126. The van der Waals surface area contributed by atoms with E-state index >= 15 is 0 Å². The second-order valence-electron chi connectivity index (χ2n) is 21.4. The molecule has 0 spiro atoms. The molecule has 0 amide bonds. The third-order valence-corrected chi connectivity index (χ3v) is 14.3. The van der Waals surface area contributed by atoms with Crippen LogP contribution >= 0.6 is 0 Å². The maximum Gasteiger partial charge on any atom is 0.313 e. The van der Waals surface area contributed by atoms with Crippen LogP contribution in [0.3, 0.4) is 0 Å². The normalized spacial score (nSPS) is 38.0. The molecule has 19 atom stereocenters. The summed E-state index contributed by atoms with van der Waals surface area (Å²) in [5, 5.41) is 109. The molecule has 21 heteroatoms. The van der Waals surface area contributed by atoms with Crippen LogP contribution in [0.1, 0.15) is 108 Å². The fraction of sp³-hybridized carbons (Fsp3) is 0.593. The van der Waals surface area contributed by atoms with E-state index < -0.39 is 160 Å². The summed E-state index contributed by atoms with van der Waals surface area (Å²) in [5.41, 5.74) is 12.7. The molecule has 0 radical (unpaired) electrons. The van der Waals surface area contributed by atoms with Crippen LogP contribution in [0.5, 0.6) is 0 Å². The molecule has 0 aliphatic carbocycles. The predicted octanol–water partition coefficient (Wildman–Crippen LogP) is 2.37. The number of nitrogens with two attached hydrogens (primary N) is 2. The summed E-state index contributed by atoms with van der Waals surface area (Å²) in [6, 6.07) is 5.24. The number of carbonyl (C=O) groups excluding carboxylic acids is 4. The van der Waals surface area contributed by atoms with E-state index in [1.165, 1.54) is 0 Å². The van der Waals surface area contributed by atoms with Crippen molar-refractivity contribution in [3.8, 4) is 0 Å². The van der Waals surface area contributed by atoms with E-state index in [1.807, 2.05) is 19.9 Å². The molecule has 3 aliphatic heterocycles. The first-order valence-corrected chi connectivity index (χ1v) is 27.3. The summed E-state index contributed by atoms with van der Waals surface area (Å²) in [7, 11) is 1.11. The SMILES string of the molecule is COC(=O)C1C(O)CC2(O)CC(O)CC(O)CC(O)CC(O)CC(=O)CC(O)CC(=O)OC(C(C)CCC(O)CC(=O)c3ccc(N)cc3)C(C)\C=C/C=C\C=C\C=C\C=C\C=C\C=C\C(OC3OC(C)C(O)C(N)C3O)CC1O2. The zero-order valence-electron chi connectivity index (χ0n) is 46.1. The van der Waals surface area contributed by atoms with Gasteiger partial charge in [0, 0.05) is 55.7 Å². The van der Waals surface area contributed by atoms with Crippen molar-refractivity contribution in [1.29, 1.82) is 0 Å². The van der Waals surface area contributed by atoms with Gasteiger partial charge in [-0.25, -0.2) is 0 Å². The van der Waals surface area contributed by atoms with Crippen LogP contribution in [0.15, 0.2) is 109 Å². The van der Waals surface area contributed by atoms with Gasteiger partial charge in [0.25, 0.3) is 0 Å². The Morgan fingerprint density at radius 3 is 1.86 bits per heavy atom. The van der Waals surface area contributed by atoms with Crippen LogP contribution in [0.2, 0.25) is 0 Å². The maximum atomic E-state index is 13.3. The number of hydrogen-bond donors (Lipinski definition) is 12. The average Bonchev–Trinajstić information content (AvgIpc) is 3.48. The lowest BCUT2D eigenvalue weighted by atomic mass is 9.82. The van der Waals surface area contributed by atoms with Crippen molar-refractivity contribution in [2.75, 3.05) is 12.8 Å². The van der Waals surface area contributed by atoms with Gasteiger partial charge in [-0.1, -0.05) is 98.9 Å². The number of rotatable bonds is 10. The van der Waals surface area contributed by atoms with Crippen molar-refractivity contribution < 1.29 is 93.9 Å². The summed E-state index contributed by atoms with van der Waals surface area (Å²) < 4.78 is 28.9. The first-order valence-electron chi connectivity index (χ1n) is 27.3. The highest BCUT2D eigenvalue weighted by Gasteiger charge is 2.51. The Morgan fingerprint density at radius 1 is 0.713 bits per heavy atom. The molecule has 1 aromatic carbocycles. The topological polar surface area (TPSA) is 369 Å². The molecule has 4 rings (SSSR count). The van der Waals surface area contributed by atoms with E-state index in [4.69, 9.17) is 35.2 Å². The number of aliphatic hydroxyl groups is 10. The van der Waals surface area contributed by atoms with Crippen LogP contribution < -0.4 is 11.5 Å². The molecule has 80 heavy (non-hydrogen) atoms. The van der Waals surface area contributed by atoms with E-state index in [9.17, 15) is 70.2 Å². The number of cyclic esters (lactones) is 1. The van der Waals surface area contributed by atoms with Gasteiger partial charge in [-0.05, 0) is 69.2 Å². The van der Waals surface area contributed by atoms with Crippen molar-refractivity contribution in [2.45, 2.75) is 195 Å². The molecule has 21 nitrogen and oxygen atoms in total. The fourth-order valence-electron chi connectivity index (χ4n) is 10.0. The Morgan fingerprint density at radius 2 is 1.26 bits per heavy atom. The number of fused-ring (bicyclic) bond motifs is 2.